The van der Waals surface area contributed by atoms with Crippen LogP contribution >= 0.6 is 0 Å². The summed E-state index contributed by atoms with van der Waals surface area (Å²) >= 11 is 0. The molecule has 17 heavy (non-hydrogen) atoms. The topological polar surface area (TPSA) is 84.4 Å². The van der Waals surface area contributed by atoms with Crippen molar-refractivity contribution in [3.63, 3.8) is 0 Å². The van der Waals surface area contributed by atoms with E-state index in [1.807, 2.05) is 0 Å². The number of hydrogen-bond donors (Lipinski definition) is 1. The Morgan fingerprint density at radius 2 is 1.88 bits per heavy atom. The molecule has 3 aromatic rings. The summed E-state index contributed by atoms with van der Waals surface area (Å²) in [5.74, 6) is 0.486. The van der Waals surface area contributed by atoms with Gasteiger partial charge in [-0.1, -0.05) is 0 Å². The van der Waals surface area contributed by atoms with E-state index in [1.165, 1.54) is 12.4 Å². The first-order valence-corrected chi connectivity index (χ1v) is 4.94. The number of H-pyrrole nitrogens is 1. The van der Waals surface area contributed by atoms with E-state index in [-0.39, 0.29) is 5.56 Å². The molecule has 0 aliphatic rings. The van der Waals surface area contributed by atoms with Crippen LogP contribution in [-0.4, -0.2) is 24.9 Å². The smallest absolute Gasteiger partial charge is 0.249 e. The Kier molecular flexibility index (Phi) is 2.11. The Balaban J connectivity index is 2.23. The zero-order chi connectivity index (χ0) is 11.7. The second kappa shape index (κ2) is 3.75. The molecule has 3 heterocycles. The molecule has 0 radical (unpaired) electrons. The van der Waals surface area contributed by atoms with Crippen LogP contribution in [0.15, 0.2) is 41.8 Å². The standard InChI is InChI=1S/C11H7N5O/c17-9-2-1-7-5-14-10(16-11(7)15-9)8-3-12-6-13-4-8/h1-6H,(H,14,15,16,17). The van der Waals surface area contributed by atoms with Crippen molar-refractivity contribution in [3.05, 3.63) is 47.4 Å². The predicted molar refractivity (Wildman–Crippen MR) is 61.2 cm³/mol. The highest BCUT2D eigenvalue weighted by atomic mass is 16.1. The molecular formula is C11H7N5O. The van der Waals surface area contributed by atoms with Gasteiger partial charge in [-0.15, -0.1) is 0 Å². The summed E-state index contributed by atoms with van der Waals surface area (Å²) in [6, 6.07) is 3.12. The van der Waals surface area contributed by atoms with E-state index in [4.69, 9.17) is 0 Å². The van der Waals surface area contributed by atoms with Crippen molar-refractivity contribution >= 4 is 11.0 Å². The lowest BCUT2D eigenvalue weighted by molar-refractivity contribution is 1.12. The van der Waals surface area contributed by atoms with Gasteiger partial charge in [-0.2, -0.15) is 0 Å². The summed E-state index contributed by atoms with van der Waals surface area (Å²) in [4.78, 5) is 30.1. The van der Waals surface area contributed by atoms with Gasteiger partial charge in [0.25, 0.3) is 0 Å². The highest BCUT2D eigenvalue weighted by Crippen LogP contribution is 2.13. The molecule has 0 spiro atoms. The van der Waals surface area contributed by atoms with Gasteiger partial charge < -0.3 is 4.98 Å². The van der Waals surface area contributed by atoms with Crippen LogP contribution in [0.2, 0.25) is 0 Å². The van der Waals surface area contributed by atoms with Crippen LogP contribution in [0.5, 0.6) is 0 Å². The van der Waals surface area contributed by atoms with Crippen molar-refractivity contribution in [2.75, 3.05) is 0 Å². The molecule has 0 saturated heterocycles. The predicted octanol–water partition coefficient (Wildman–Crippen LogP) is 0.775. The van der Waals surface area contributed by atoms with Gasteiger partial charge in [0.05, 0.1) is 5.56 Å². The van der Waals surface area contributed by atoms with Crippen LogP contribution in [0.25, 0.3) is 22.4 Å². The van der Waals surface area contributed by atoms with E-state index in [0.29, 0.717) is 17.0 Å². The Labute approximate surface area is 95.4 Å². The summed E-state index contributed by atoms with van der Waals surface area (Å²) < 4.78 is 0. The number of rotatable bonds is 1. The SMILES string of the molecule is O=c1ccc2cnc(-c3cncnc3)nc2[nH]1. The third kappa shape index (κ3) is 1.76. The van der Waals surface area contributed by atoms with Crippen LogP contribution in [0.1, 0.15) is 0 Å². The van der Waals surface area contributed by atoms with Crippen LogP contribution in [-0.2, 0) is 0 Å². The second-order valence-electron chi connectivity index (χ2n) is 3.45. The fraction of sp³-hybridized carbons (Fsp3) is 0. The Morgan fingerprint density at radius 3 is 2.71 bits per heavy atom. The first kappa shape index (κ1) is 9.59. The molecule has 3 aromatic heterocycles. The Hall–Kier alpha value is -2.63. The van der Waals surface area contributed by atoms with E-state index in [1.54, 1.807) is 24.7 Å². The molecule has 0 aliphatic heterocycles. The maximum atomic E-state index is 11.2. The van der Waals surface area contributed by atoms with Gasteiger partial charge in [-0.05, 0) is 6.07 Å². The average Bonchev–Trinajstić information content (AvgIpc) is 2.39. The molecule has 0 unspecified atom stereocenters. The third-order valence-electron chi connectivity index (χ3n) is 2.29. The fourth-order valence-electron chi connectivity index (χ4n) is 1.49. The van der Waals surface area contributed by atoms with Crippen LogP contribution in [0.4, 0.5) is 0 Å². The molecule has 82 valence electrons. The molecule has 0 bridgehead atoms. The summed E-state index contributed by atoms with van der Waals surface area (Å²) in [6.07, 6.45) is 6.33. The number of nitrogens with one attached hydrogen (secondary N) is 1. The first-order chi connectivity index (χ1) is 8.33. The summed E-state index contributed by atoms with van der Waals surface area (Å²) in [6.45, 7) is 0. The quantitative estimate of drug-likeness (QED) is 0.661. The maximum absolute atomic E-state index is 11.2. The van der Waals surface area contributed by atoms with E-state index < -0.39 is 0 Å². The molecule has 0 aliphatic carbocycles. The minimum absolute atomic E-state index is 0.188. The highest BCUT2D eigenvalue weighted by molar-refractivity contribution is 5.75. The van der Waals surface area contributed by atoms with Gasteiger partial charge >= 0.3 is 0 Å². The average molecular weight is 225 g/mol. The molecule has 0 amide bonds. The van der Waals surface area contributed by atoms with Crippen molar-refractivity contribution in [2.24, 2.45) is 0 Å². The summed E-state index contributed by atoms with van der Waals surface area (Å²) in [7, 11) is 0. The minimum Gasteiger partial charge on any atom is -0.306 e. The van der Waals surface area contributed by atoms with E-state index in [0.717, 1.165) is 5.39 Å². The summed E-state index contributed by atoms with van der Waals surface area (Å²) in [5.41, 5.74) is 1.02. The molecule has 0 aromatic carbocycles. The van der Waals surface area contributed by atoms with Crippen LogP contribution in [0, 0.1) is 0 Å². The number of aromatic nitrogens is 5. The minimum atomic E-state index is -0.188. The lowest BCUT2D eigenvalue weighted by Crippen LogP contribution is -2.04. The van der Waals surface area contributed by atoms with Crippen molar-refractivity contribution in [1.82, 2.24) is 24.9 Å². The zero-order valence-corrected chi connectivity index (χ0v) is 8.66. The van der Waals surface area contributed by atoms with Gasteiger partial charge in [0, 0.05) is 30.0 Å². The number of fused-ring (bicyclic) bond motifs is 1. The van der Waals surface area contributed by atoms with Crippen LogP contribution < -0.4 is 5.56 Å². The normalized spacial score (nSPS) is 10.6. The second-order valence-corrected chi connectivity index (χ2v) is 3.45. The Bertz CT molecular complexity index is 723. The van der Waals surface area contributed by atoms with Crippen molar-refractivity contribution in [1.29, 1.82) is 0 Å². The summed E-state index contributed by atoms with van der Waals surface area (Å²) in [5, 5.41) is 0.783. The molecule has 6 heteroatoms. The monoisotopic (exact) mass is 225 g/mol. The van der Waals surface area contributed by atoms with Gasteiger partial charge in [-0.3, -0.25) is 4.79 Å². The maximum Gasteiger partial charge on any atom is 0.249 e. The largest absolute Gasteiger partial charge is 0.306 e. The number of nitrogens with zero attached hydrogens (tertiary/aromatic N) is 4. The van der Waals surface area contributed by atoms with Crippen molar-refractivity contribution < 1.29 is 0 Å². The fourth-order valence-corrected chi connectivity index (χ4v) is 1.49. The van der Waals surface area contributed by atoms with E-state index in [2.05, 4.69) is 24.9 Å². The molecule has 1 N–H and O–H groups in total. The van der Waals surface area contributed by atoms with Gasteiger partial charge in [0.15, 0.2) is 5.82 Å². The van der Waals surface area contributed by atoms with Crippen LogP contribution in [0.3, 0.4) is 0 Å². The van der Waals surface area contributed by atoms with Crippen molar-refractivity contribution in [2.45, 2.75) is 0 Å². The van der Waals surface area contributed by atoms with Gasteiger partial charge in [-0.25, -0.2) is 19.9 Å². The van der Waals surface area contributed by atoms with Crippen molar-refractivity contribution in [3.8, 4) is 11.4 Å². The number of aromatic amines is 1. The molecule has 0 atom stereocenters. The van der Waals surface area contributed by atoms with Gasteiger partial charge in [0.2, 0.25) is 5.56 Å². The number of hydrogen-bond acceptors (Lipinski definition) is 5. The first-order valence-electron chi connectivity index (χ1n) is 4.94. The number of pyridine rings is 1. The lowest BCUT2D eigenvalue weighted by atomic mass is 10.3. The molecular weight excluding hydrogens is 218 g/mol. The Morgan fingerprint density at radius 1 is 1.06 bits per heavy atom. The van der Waals surface area contributed by atoms with E-state index in [9.17, 15) is 4.79 Å². The highest BCUT2D eigenvalue weighted by Gasteiger charge is 2.03. The molecule has 0 fully saturated rings. The van der Waals surface area contributed by atoms with Gasteiger partial charge in [0.1, 0.15) is 12.0 Å². The molecule has 0 saturated carbocycles. The molecule has 3 rings (SSSR count). The zero-order valence-electron chi connectivity index (χ0n) is 8.66. The third-order valence-corrected chi connectivity index (χ3v) is 2.29. The molecule has 6 nitrogen and oxygen atoms in total. The lowest BCUT2D eigenvalue weighted by Gasteiger charge is -2.00. The van der Waals surface area contributed by atoms with E-state index >= 15 is 0 Å².